The average molecular weight is 274 g/mol. The van der Waals surface area contributed by atoms with Gasteiger partial charge in [-0.3, -0.25) is 9.11 Å². The Labute approximate surface area is 115 Å². The molecule has 1 aliphatic heterocycles. The lowest BCUT2D eigenvalue weighted by molar-refractivity contribution is 0.0659. The summed E-state index contributed by atoms with van der Waals surface area (Å²) in [5, 5.41) is 3.69. The van der Waals surface area contributed by atoms with Crippen molar-refractivity contribution in [3.63, 3.8) is 0 Å². The quantitative estimate of drug-likeness (QED) is 0.802. The Morgan fingerprint density at radius 2 is 2.11 bits per heavy atom. The van der Waals surface area contributed by atoms with E-state index in [9.17, 15) is 4.21 Å². The van der Waals surface area contributed by atoms with Crippen LogP contribution in [0.15, 0.2) is 0 Å². The van der Waals surface area contributed by atoms with E-state index in [4.69, 9.17) is 0 Å². The molecule has 0 aromatic carbocycles. The van der Waals surface area contributed by atoms with E-state index in [0.29, 0.717) is 12.0 Å². The van der Waals surface area contributed by atoms with Crippen LogP contribution in [0.25, 0.3) is 0 Å². The first-order valence-electron chi connectivity index (χ1n) is 7.26. The van der Waals surface area contributed by atoms with Gasteiger partial charge in [-0.2, -0.15) is 0 Å². The van der Waals surface area contributed by atoms with Crippen molar-refractivity contribution in [2.75, 3.05) is 31.1 Å². The molecule has 0 spiro atoms. The molecular weight excluding hydrogens is 244 g/mol. The molecule has 4 heteroatoms. The van der Waals surface area contributed by atoms with Crippen LogP contribution in [0.5, 0.6) is 0 Å². The van der Waals surface area contributed by atoms with Gasteiger partial charge in [-0.1, -0.05) is 27.7 Å². The molecule has 0 saturated carbocycles. The second kappa shape index (κ2) is 7.01. The van der Waals surface area contributed by atoms with Gasteiger partial charge in [0.1, 0.15) is 0 Å². The van der Waals surface area contributed by atoms with E-state index in [-0.39, 0.29) is 5.54 Å². The number of hydrogen-bond donors (Lipinski definition) is 1. The molecule has 1 fully saturated rings. The van der Waals surface area contributed by atoms with Gasteiger partial charge in [0.2, 0.25) is 0 Å². The van der Waals surface area contributed by atoms with Gasteiger partial charge in [-0.25, -0.2) is 0 Å². The molecular formula is C14H30N2OS. The molecule has 0 bridgehead atoms. The minimum Gasteiger partial charge on any atom is -0.309 e. The standard InChI is InChI=1S/C14H30N2OS/c1-6-14(5)11-16(8-9-18(17)7-2)13(10-15-14)12(3)4/h12-13,15H,6-11H2,1-5H3. The molecule has 1 rings (SSSR count). The predicted molar refractivity (Wildman–Crippen MR) is 80.4 cm³/mol. The van der Waals surface area contributed by atoms with E-state index in [1.54, 1.807) is 0 Å². The molecule has 1 saturated heterocycles. The van der Waals surface area contributed by atoms with Crippen LogP contribution in [0.4, 0.5) is 0 Å². The zero-order valence-electron chi connectivity index (χ0n) is 12.7. The first-order chi connectivity index (χ1) is 8.41. The summed E-state index contributed by atoms with van der Waals surface area (Å²) in [7, 11) is -0.646. The molecule has 3 nitrogen and oxygen atoms in total. The van der Waals surface area contributed by atoms with Crippen LogP contribution in [0.2, 0.25) is 0 Å². The van der Waals surface area contributed by atoms with E-state index < -0.39 is 10.8 Å². The van der Waals surface area contributed by atoms with Gasteiger partial charge in [0.25, 0.3) is 0 Å². The van der Waals surface area contributed by atoms with E-state index >= 15 is 0 Å². The maximum atomic E-state index is 11.6. The van der Waals surface area contributed by atoms with Crippen molar-refractivity contribution < 1.29 is 4.21 Å². The highest BCUT2D eigenvalue weighted by Crippen LogP contribution is 2.22. The summed E-state index contributed by atoms with van der Waals surface area (Å²) >= 11 is 0. The Hall–Kier alpha value is 0.0700. The fourth-order valence-electron chi connectivity index (χ4n) is 2.60. The summed E-state index contributed by atoms with van der Waals surface area (Å²) in [6, 6.07) is 0.582. The number of hydrogen-bond acceptors (Lipinski definition) is 3. The highest BCUT2D eigenvalue weighted by Gasteiger charge is 2.35. The van der Waals surface area contributed by atoms with Gasteiger partial charge >= 0.3 is 0 Å². The van der Waals surface area contributed by atoms with Crippen LogP contribution in [0.3, 0.4) is 0 Å². The highest BCUT2D eigenvalue weighted by atomic mass is 32.2. The lowest BCUT2D eigenvalue weighted by atomic mass is 9.90. The number of nitrogens with one attached hydrogen (secondary N) is 1. The van der Waals surface area contributed by atoms with Gasteiger partial charge in [-0.15, -0.1) is 0 Å². The summed E-state index contributed by atoms with van der Waals surface area (Å²) in [5.74, 6) is 2.25. The number of nitrogens with zero attached hydrogens (tertiary/aromatic N) is 1. The van der Waals surface area contributed by atoms with Crippen LogP contribution in [0.1, 0.15) is 41.0 Å². The van der Waals surface area contributed by atoms with Crippen LogP contribution < -0.4 is 5.32 Å². The lowest BCUT2D eigenvalue weighted by Crippen LogP contribution is -2.64. The lowest BCUT2D eigenvalue weighted by Gasteiger charge is -2.47. The molecule has 1 aliphatic rings. The fourth-order valence-corrected chi connectivity index (χ4v) is 3.33. The molecule has 3 unspecified atom stereocenters. The Bertz CT molecular complexity index is 283. The Kier molecular flexibility index (Phi) is 6.28. The fraction of sp³-hybridized carbons (Fsp3) is 1.00. The monoisotopic (exact) mass is 274 g/mol. The molecule has 0 amide bonds. The molecule has 108 valence electrons. The molecule has 3 atom stereocenters. The topological polar surface area (TPSA) is 32.3 Å². The molecule has 1 heterocycles. The van der Waals surface area contributed by atoms with Crippen molar-refractivity contribution in [1.82, 2.24) is 10.2 Å². The zero-order valence-corrected chi connectivity index (χ0v) is 13.5. The van der Waals surface area contributed by atoms with Crippen molar-refractivity contribution >= 4 is 10.8 Å². The third-order valence-electron chi connectivity index (χ3n) is 4.24. The maximum Gasteiger partial charge on any atom is 0.0362 e. The second-order valence-corrected chi connectivity index (χ2v) is 7.87. The number of piperazine rings is 1. The third-order valence-corrected chi connectivity index (χ3v) is 5.52. The van der Waals surface area contributed by atoms with Gasteiger partial charge in [0, 0.05) is 53.5 Å². The third kappa shape index (κ3) is 4.32. The Morgan fingerprint density at radius 3 is 2.61 bits per heavy atom. The molecule has 0 aliphatic carbocycles. The van der Waals surface area contributed by atoms with Crippen molar-refractivity contribution in [2.24, 2.45) is 5.92 Å². The van der Waals surface area contributed by atoms with E-state index in [1.165, 1.54) is 0 Å². The van der Waals surface area contributed by atoms with Gasteiger partial charge in [-0.05, 0) is 19.3 Å². The van der Waals surface area contributed by atoms with Gasteiger partial charge in [0.15, 0.2) is 0 Å². The van der Waals surface area contributed by atoms with Crippen LogP contribution >= 0.6 is 0 Å². The smallest absolute Gasteiger partial charge is 0.0362 e. The summed E-state index contributed by atoms with van der Waals surface area (Å²) in [6.07, 6.45) is 1.14. The van der Waals surface area contributed by atoms with Crippen molar-refractivity contribution in [2.45, 2.75) is 52.6 Å². The number of rotatable bonds is 6. The second-order valence-electron chi connectivity index (χ2n) is 6.01. The SMILES string of the molecule is CCS(=O)CCN1CC(C)(CC)NCC1C(C)C. The minimum absolute atomic E-state index is 0.221. The Balaban J connectivity index is 2.63. The molecule has 1 N–H and O–H groups in total. The van der Waals surface area contributed by atoms with Crippen molar-refractivity contribution in [1.29, 1.82) is 0 Å². The van der Waals surface area contributed by atoms with E-state index in [0.717, 1.165) is 37.6 Å². The molecule has 0 aromatic heterocycles. The first kappa shape index (κ1) is 16.1. The average Bonchev–Trinajstić information content (AvgIpc) is 2.35. The van der Waals surface area contributed by atoms with Crippen molar-refractivity contribution in [3.05, 3.63) is 0 Å². The summed E-state index contributed by atoms with van der Waals surface area (Å²) in [5.41, 5.74) is 0.221. The van der Waals surface area contributed by atoms with Crippen molar-refractivity contribution in [3.8, 4) is 0 Å². The van der Waals surface area contributed by atoms with Crippen LogP contribution in [0, 0.1) is 5.92 Å². The Morgan fingerprint density at radius 1 is 1.44 bits per heavy atom. The highest BCUT2D eigenvalue weighted by molar-refractivity contribution is 7.84. The van der Waals surface area contributed by atoms with Gasteiger partial charge in [0.05, 0.1) is 0 Å². The van der Waals surface area contributed by atoms with Gasteiger partial charge < -0.3 is 5.32 Å². The largest absolute Gasteiger partial charge is 0.309 e. The molecule has 0 radical (unpaired) electrons. The predicted octanol–water partition coefficient (Wildman–Crippen LogP) is 1.85. The molecule has 0 aromatic rings. The first-order valence-corrected chi connectivity index (χ1v) is 8.74. The molecule has 18 heavy (non-hydrogen) atoms. The summed E-state index contributed by atoms with van der Waals surface area (Å²) in [6.45, 7) is 14.2. The van der Waals surface area contributed by atoms with E-state index in [2.05, 4.69) is 37.9 Å². The van der Waals surface area contributed by atoms with E-state index in [1.807, 2.05) is 6.92 Å². The minimum atomic E-state index is -0.646. The summed E-state index contributed by atoms with van der Waals surface area (Å²) in [4.78, 5) is 2.55. The zero-order chi connectivity index (χ0) is 13.8. The van der Waals surface area contributed by atoms with Crippen LogP contribution in [-0.2, 0) is 10.8 Å². The van der Waals surface area contributed by atoms with Crippen LogP contribution in [-0.4, -0.2) is 51.8 Å². The maximum absolute atomic E-state index is 11.6. The normalized spacial score (nSPS) is 31.8. The summed E-state index contributed by atoms with van der Waals surface area (Å²) < 4.78 is 11.6.